The van der Waals surface area contributed by atoms with E-state index >= 15 is 0 Å². The third-order valence-electron chi connectivity index (χ3n) is 14.4. The first-order chi connectivity index (χ1) is 30.5. The number of furan rings is 1. The van der Waals surface area contributed by atoms with Gasteiger partial charge in [0.1, 0.15) is 22.7 Å². The number of ether oxygens (including phenoxy) is 1. The van der Waals surface area contributed by atoms with Crippen LogP contribution in [0.25, 0.3) is 88.3 Å². The van der Waals surface area contributed by atoms with Crippen LogP contribution >= 0.6 is 0 Å². The van der Waals surface area contributed by atoms with E-state index in [-0.39, 0.29) is 10.8 Å². The second kappa shape index (κ2) is 12.5. The molecule has 1 spiro atoms. The Bertz CT molecular complexity index is 3560. The van der Waals surface area contributed by atoms with Crippen LogP contribution < -0.4 is 4.74 Å². The zero-order chi connectivity index (χ0) is 42.6. The lowest BCUT2D eigenvalue weighted by molar-refractivity contribution is 0.487. The molecule has 9 aromatic carbocycles. The number of fused-ring (bicyclic) bond motifs is 15. The predicted octanol–water partition coefficient (Wildman–Crippen LogP) is 16.8. The summed E-state index contributed by atoms with van der Waals surface area (Å²) in [7, 11) is 0. The van der Waals surface area contributed by atoms with Gasteiger partial charge >= 0.3 is 0 Å². The molecule has 2 heterocycles. The summed E-state index contributed by atoms with van der Waals surface area (Å²) < 4.78 is 13.1. The van der Waals surface area contributed by atoms with Crippen molar-refractivity contribution in [2.75, 3.05) is 0 Å². The highest BCUT2D eigenvalue weighted by atomic mass is 16.5. The van der Waals surface area contributed by atoms with Crippen molar-refractivity contribution in [3.63, 3.8) is 0 Å². The molecule has 0 saturated heterocycles. The summed E-state index contributed by atoms with van der Waals surface area (Å²) in [6, 6.07) is 63.4. The van der Waals surface area contributed by atoms with Crippen molar-refractivity contribution < 1.29 is 9.15 Å². The molecule has 63 heavy (non-hydrogen) atoms. The van der Waals surface area contributed by atoms with E-state index in [1.165, 1.54) is 77.7 Å². The highest BCUT2D eigenvalue weighted by Gasteiger charge is 2.53. The smallest absolute Gasteiger partial charge is 0.136 e. The fourth-order valence-corrected chi connectivity index (χ4v) is 11.4. The molecule has 0 unspecified atom stereocenters. The van der Waals surface area contributed by atoms with E-state index < -0.39 is 5.41 Å². The summed E-state index contributed by atoms with van der Waals surface area (Å²) in [5, 5.41) is 4.60. The molecule has 0 atom stereocenters. The van der Waals surface area contributed by atoms with E-state index in [9.17, 15) is 0 Å². The quantitative estimate of drug-likeness (QED) is 0.174. The van der Waals surface area contributed by atoms with Crippen LogP contribution in [-0.4, -0.2) is 0 Å². The molecule has 0 radical (unpaired) electrons. The minimum Gasteiger partial charge on any atom is -0.456 e. The van der Waals surface area contributed by atoms with Crippen LogP contribution in [0.15, 0.2) is 174 Å². The number of benzene rings is 9. The summed E-state index contributed by atoms with van der Waals surface area (Å²) in [4.78, 5) is 0. The summed E-state index contributed by atoms with van der Waals surface area (Å²) in [6.07, 6.45) is 0. The Morgan fingerprint density at radius 1 is 0.365 bits per heavy atom. The van der Waals surface area contributed by atoms with Crippen LogP contribution in [-0.2, 0) is 16.2 Å². The Balaban J connectivity index is 1.04. The lowest BCUT2D eigenvalue weighted by Gasteiger charge is -2.33. The average Bonchev–Trinajstić information content (AvgIpc) is 3.92. The van der Waals surface area contributed by atoms with Crippen molar-refractivity contribution in [1.29, 1.82) is 0 Å². The molecule has 13 rings (SSSR count). The number of hydrogen-bond acceptors (Lipinski definition) is 2. The zero-order valence-electron chi connectivity index (χ0n) is 36.5. The summed E-state index contributed by atoms with van der Waals surface area (Å²) in [5.74, 6) is 1.76. The maximum absolute atomic E-state index is 6.84. The van der Waals surface area contributed by atoms with Crippen molar-refractivity contribution in [1.82, 2.24) is 0 Å². The third kappa shape index (κ3) is 4.90. The van der Waals surface area contributed by atoms with Gasteiger partial charge in [-0.2, -0.15) is 0 Å². The van der Waals surface area contributed by atoms with Crippen molar-refractivity contribution in [3.8, 4) is 67.1 Å². The molecule has 0 bridgehead atoms. The van der Waals surface area contributed by atoms with Crippen molar-refractivity contribution in [3.05, 3.63) is 203 Å². The second-order valence-corrected chi connectivity index (χ2v) is 20.0. The monoisotopic (exact) mass is 810 g/mol. The van der Waals surface area contributed by atoms with Crippen LogP contribution in [0.2, 0.25) is 0 Å². The van der Waals surface area contributed by atoms with E-state index in [2.05, 4.69) is 199 Å². The van der Waals surface area contributed by atoms with Crippen LogP contribution in [0.5, 0.6) is 11.5 Å². The van der Waals surface area contributed by atoms with Crippen molar-refractivity contribution in [2.24, 2.45) is 0 Å². The van der Waals surface area contributed by atoms with Gasteiger partial charge in [-0.1, -0.05) is 181 Å². The molecule has 3 aliphatic rings. The Hall–Kier alpha value is -7.16. The lowest BCUT2D eigenvalue weighted by Crippen LogP contribution is -2.27. The van der Waals surface area contributed by atoms with Gasteiger partial charge < -0.3 is 9.15 Å². The van der Waals surface area contributed by atoms with E-state index in [0.717, 1.165) is 55.5 Å². The molecule has 10 aromatic rings. The van der Waals surface area contributed by atoms with Crippen molar-refractivity contribution in [2.45, 2.75) is 57.8 Å². The average molecular weight is 811 g/mol. The molecule has 0 N–H and O–H groups in total. The van der Waals surface area contributed by atoms with Gasteiger partial charge in [0.05, 0.1) is 5.41 Å². The normalized spacial score (nSPS) is 14.1. The van der Waals surface area contributed by atoms with Gasteiger partial charge in [0.25, 0.3) is 0 Å². The Kier molecular flexibility index (Phi) is 7.23. The minimum atomic E-state index is -0.469. The predicted molar refractivity (Wildman–Crippen MR) is 261 cm³/mol. The number of para-hydroxylation sites is 1. The third-order valence-corrected chi connectivity index (χ3v) is 14.4. The van der Waals surface area contributed by atoms with Gasteiger partial charge in [0.15, 0.2) is 0 Å². The lowest BCUT2D eigenvalue weighted by atomic mass is 9.68. The molecule has 302 valence electrons. The van der Waals surface area contributed by atoms with Crippen LogP contribution in [0.4, 0.5) is 0 Å². The standard InChI is InChI=1S/C61H46O2/c1-59(2,3)36-25-27-40-41-28-26-37(60(4,5)6)34-51(41)61(50(40)33-36)48-20-9-7-14-45(48)56-42(19-12-21-49(56)61)39-29-31-55-58-43(39)17-11-18-44(58)47-32-35(24-30-53(47)63-55)38-16-13-23-54-57(38)46-15-8-10-22-52(46)62-54/h7-34H,1-6H3. The molecular weight excluding hydrogens is 765 g/mol. The topological polar surface area (TPSA) is 22.4 Å². The fraction of sp³-hybridized carbons (Fsp3) is 0.148. The van der Waals surface area contributed by atoms with E-state index in [1.54, 1.807) is 0 Å². The fourth-order valence-electron chi connectivity index (χ4n) is 11.4. The summed E-state index contributed by atoms with van der Waals surface area (Å²) in [5.41, 5.74) is 21.8. The van der Waals surface area contributed by atoms with Gasteiger partial charge in [0, 0.05) is 21.7 Å². The molecule has 1 aromatic heterocycles. The summed E-state index contributed by atoms with van der Waals surface area (Å²) >= 11 is 0. The van der Waals surface area contributed by atoms with Gasteiger partial charge in [-0.15, -0.1) is 0 Å². The largest absolute Gasteiger partial charge is 0.456 e. The second-order valence-electron chi connectivity index (χ2n) is 20.0. The molecular formula is C61H46O2. The minimum absolute atomic E-state index is 0.00383. The maximum atomic E-state index is 6.84. The van der Waals surface area contributed by atoms with Gasteiger partial charge in [-0.25, -0.2) is 0 Å². The van der Waals surface area contributed by atoms with E-state index in [1.807, 2.05) is 12.1 Å². The molecule has 0 saturated carbocycles. The maximum Gasteiger partial charge on any atom is 0.136 e. The van der Waals surface area contributed by atoms with E-state index in [4.69, 9.17) is 9.15 Å². The molecule has 0 fully saturated rings. The molecule has 1 aliphatic heterocycles. The summed E-state index contributed by atoms with van der Waals surface area (Å²) in [6.45, 7) is 14.0. The van der Waals surface area contributed by atoms with Gasteiger partial charge in [-0.3, -0.25) is 0 Å². The Labute approximate surface area is 368 Å². The SMILES string of the molecule is CC(C)(C)c1ccc2c(c1)C1(c3cc(C(C)(C)C)ccc3-2)c2ccccc2-c2c(-c3ccc4c5c(cccc35)-c3cc(-c5cccc6oc7ccccc7c56)ccc3O4)cccc21. The van der Waals surface area contributed by atoms with Crippen LogP contribution in [0.1, 0.15) is 74.9 Å². The molecule has 0 amide bonds. The van der Waals surface area contributed by atoms with E-state index in [0.29, 0.717) is 0 Å². The van der Waals surface area contributed by atoms with Gasteiger partial charge in [-0.05, 0) is 130 Å². The highest BCUT2D eigenvalue weighted by molar-refractivity contribution is 6.15. The Morgan fingerprint density at radius 2 is 0.952 bits per heavy atom. The van der Waals surface area contributed by atoms with Crippen LogP contribution in [0.3, 0.4) is 0 Å². The van der Waals surface area contributed by atoms with Crippen molar-refractivity contribution >= 4 is 32.7 Å². The van der Waals surface area contributed by atoms with Crippen LogP contribution in [0, 0.1) is 0 Å². The highest BCUT2D eigenvalue weighted by Crippen LogP contribution is 2.65. The first-order valence-corrected chi connectivity index (χ1v) is 22.3. The molecule has 2 aliphatic carbocycles. The first kappa shape index (κ1) is 36.5. The molecule has 2 nitrogen and oxygen atoms in total. The zero-order valence-corrected chi connectivity index (χ0v) is 36.5. The Morgan fingerprint density at radius 3 is 1.73 bits per heavy atom. The molecule has 2 heteroatoms. The first-order valence-electron chi connectivity index (χ1n) is 22.3. The van der Waals surface area contributed by atoms with Gasteiger partial charge in [0.2, 0.25) is 0 Å². The number of hydrogen-bond donors (Lipinski definition) is 0. The number of rotatable bonds is 2.